The third-order valence-corrected chi connectivity index (χ3v) is 11.5. The predicted octanol–water partition coefficient (Wildman–Crippen LogP) is 12.0. The predicted molar refractivity (Wildman–Crippen MR) is 185 cm³/mol. The minimum Gasteiger partial charge on any atom is -0.135 e. The Hall–Kier alpha value is -4.46. The second kappa shape index (κ2) is 8.56. The second-order valence-corrected chi connectivity index (χ2v) is 14.4. The molecule has 0 spiro atoms. The summed E-state index contributed by atoms with van der Waals surface area (Å²) in [4.78, 5) is 0. The average Bonchev–Trinajstić information content (AvgIpc) is 3.60. The van der Waals surface area contributed by atoms with E-state index < -0.39 is 0 Å². The Balaban J connectivity index is 1.17. The molecule has 0 amide bonds. The molecule has 1 heterocycles. The van der Waals surface area contributed by atoms with Gasteiger partial charge in [0.1, 0.15) is 0 Å². The van der Waals surface area contributed by atoms with Gasteiger partial charge in [0, 0.05) is 31.0 Å². The lowest BCUT2D eigenvalue weighted by Crippen LogP contribution is -2.18. The molecule has 2 aliphatic rings. The summed E-state index contributed by atoms with van der Waals surface area (Å²) in [7, 11) is 0. The van der Waals surface area contributed by atoms with Gasteiger partial charge < -0.3 is 0 Å². The summed E-state index contributed by atoms with van der Waals surface area (Å²) >= 11 is 1.90. The molecule has 206 valence electrons. The van der Waals surface area contributed by atoms with Crippen LogP contribution in [0.5, 0.6) is 0 Å². The van der Waals surface area contributed by atoms with E-state index in [1.54, 1.807) is 0 Å². The summed E-state index contributed by atoms with van der Waals surface area (Å²) in [5.74, 6) is 0. The fourth-order valence-electron chi connectivity index (χ4n) is 7.95. The first-order valence-electron chi connectivity index (χ1n) is 15.3. The summed E-state index contributed by atoms with van der Waals surface area (Å²) in [6, 6.07) is 45.7. The van der Waals surface area contributed by atoms with Gasteiger partial charge in [0.25, 0.3) is 0 Å². The van der Waals surface area contributed by atoms with Crippen LogP contribution < -0.4 is 0 Å². The molecule has 0 radical (unpaired) electrons. The lowest BCUT2D eigenvalue weighted by molar-refractivity contribution is 0.639. The third kappa shape index (κ3) is 3.37. The Morgan fingerprint density at radius 2 is 1.00 bits per heavy atom. The zero-order chi connectivity index (χ0) is 29.1. The Morgan fingerprint density at radius 1 is 0.395 bits per heavy atom. The van der Waals surface area contributed by atoms with Gasteiger partial charge in [-0.15, -0.1) is 11.3 Å². The van der Waals surface area contributed by atoms with Gasteiger partial charge in [-0.3, -0.25) is 0 Å². The SMILES string of the molecule is CC1(C)c2ccccc2-c2cc3c(cc21)C(C)(C)c1cc(-c2cccc(-c4cccc5c4sc4ccccc45)c2)ccc1-3. The molecule has 0 N–H and O–H groups in total. The lowest BCUT2D eigenvalue weighted by Gasteiger charge is -2.26. The molecule has 9 rings (SSSR count). The summed E-state index contributed by atoms with van der Waals surface area (Å²) in [5.41, 5.74) is 16.4. The highest BCUT2D eigenvalue weighted by atomic mass is 32.1. The molecule has 0 atom stereocenters. The fraction of sp³-hybridized carbons (Fsp3) is 0.143. The molecule has 0 saturated carbocycles. The van der Waals surface area contributed by atoms with Crippen molar-refractivity contribution >= 4 is 31.5 Å². The van der Waals surface area contributed by atoms with Crippen molar-refractivity contribution in [3.63, 3.8) is 0 Å². The molecule has 0 aliphatic heterocycles. The maximum Gasteiger partial charge on any atom is 0.0433 e. The highest BCUT2D eigenvalue weighted by Crippen LogP contribution is 2.56. The van der Waals surface area contributed by atoms with Gasteiger partial charge in [0.2, 0.25) is 0 Å². The van der Waals surface area contributed by atoms with Gasteiger partial charge in [-0.05, 0) is 91.0 Å². The Morgan fingerprint density at radius 3 is 1.86 bits per heavy atom. The van der Waals surface area contributed by atoms with E-state index in [0.29, 0.717) is 0 Å². The van der Waals surface area contributed by atoms with Gasteiger partial charge >= 0.3 is 0 Å². The molecule has 43 heavy (non-hydrogen) atoms. The number of benzene rings is 6. The molecular weight excluding hydrogens is 537 g/mol. The molecule has 0 fully saturated rings. The minimum absolute atomic E-state index is 0.00861. The van der Waals surface area contributed by atoms with Crippen LogP contribution in [-0.2, 0) is 10.8 Å². The number of hydrogen-bond acceptors (Lipinski definition) is 1. The van der Waals surface area contributed by atoms with E-state index in [2.05, 4.69) is 149 Å². The Labute approximate surface area is 257 Å². The molecule has 0 unspecified atom stereocenters. The summed E-state index contributed by atoms with van der Waals surface area (Å²) in [6.45, 7) is 9.57. The number of rotatable bonds is 2. The van der Waals surface area contributed by atoms with Gasteiger partial charge in [-0.1, -0.05) is 125 Å². The van der Waals surface area contributed by atoms with Crippen LogP contribution >= 0.6 is 11.3 Å². The van der Waals surface area contributed by atoms with Crippen LogP contribution in [0.2, 0.25) is 0 Å². The van der Waals surface area contributed by atoms with E-state index in [-0.39, 0.29) is 10.8 Å². The zero-order valence-electron chi connectivity index (χ0n) is 25.0. The molecule has 6 aromatic carbocycles. The van der Waals surface area contributed by atoms with E-state index in [0.717, 1.165) is 0 Å². The molecule has 0 saturated heterocycles. The molecule has 0 nitrogen and oxygen atoms in total. The van der Waals surface area contributed by atoms with E-state index >= 15 is 0 Å². The largest absolute Gasteiger partial charge is 0.135 e. The first-order valence-corrected chi connectivity index (χ1v) is 16.1. The Bertz CT molecular complexity index is 2290. The molecule has 2 aliphatic carbocycles. The topological polar surface area (TPSA) is 0 Å². The first kappa shape index (κ1) is 25.1. The highest BCUT2D eigenvalue weighted by Gasteiger charge is 2.41. The summed E-state index contributed by atoms with van der Waals surface area (Å²) in [5, 5.41) is 2.69. The third-order valence-electron chi connectivity index (χ3n) is 10.3. The van der Waals surface area contributed by atoms with Gasteiger partial charge in [-0.25, -0.2) is 0 Å². The number of fused-ring (bicyclic) bond motifs is 9. The van der Waals surface area contributed by atoms with Crippen molar-refractivity contribution < 1.29 is 0 Å². The lowest BCUT2D eigenvalue weighted by atomic mass is 9.77. The Kier molecular flexibility index (Phi) is 4.99. The van der Waals surface area contributed by atoms with Crippen LogP contribution in [0.15, 0.2) is 121 Å². The van der Waals surface area contributed by atoms with Crippen molar-refractivity contribution in [3.05, 3.63) is 144 Å². The van der Waals surface area contributed by atoms with Crippen molar-refractivity contribution in [2.75, 3.05) is 0 Å². The van der Waals surface area contributed by atoms with E-state index in [1.807, 2.05) is 11.3 Å². The van der Waals surface area contributed by atoms with Crippen LogP contribution in [-0.4, -0.2) is 0 Å². The normalized spacial score (nSPS) is 15.3. The quantitative estimate of drug-likeness (QED) is 0.195. The van der Waals surface area contributed by atoms with Gasteiger partial charge in [0.15, 0.2) is 0 Å². The van der Waals surface area contributed by atoms with Crippen LogP contribution in [0, 0.1) is 0 Å². The van der Waals surface area contributed by atoms with Crippen molar-refractivity contribution in [1.82, 2.24) is 0 Å². The molecular formula is C42H32S. The molecule has 1 aromatic heterocycles. The summed E-state index contributed by atoms with van der Waals surface area (Å²) < 4.78 is 2.71. The standard InChI is InChI=1S/C42H32S/c1-41(2)35-17-7-5-13-29(35)33-23-34-30-20-19-26(22-36(30)42(3,4)38(34)24-37(33)41)25-11-9-12-27(21-25)28-15-10-16-32-31-14-6-8-18-39(31)43-40(28)32/h5-24H,1-4H3. The molecule has 1 heteroatoms. The van der Waals surface area contributed by atoms with Crippen LogP contribution in [0.3, 0.4) is 0 Å². The minimum atomic E-state index is -0.0686. The van der Waals surface area contributed by atoms with Crippen molar-refractivity contribution in [2.45, 2.75) is 38.5 Å². The van der Waals surface area contributed by atoms with E-state index in [9.17, 15) is 0 Å². The summed E-state index contributed by atoms with van der Waals surface area (Å²) in [6.07, 6.45) is 0. The smallest absolute Gasteiger partial charge is 0.0433 e. The van der Waals surface area contributed by atoms with Crippen molar-refractivity contribution in [2.24, 2.45) is 0 Å². The maximum atomic E-state index is 2.52. The molecule has 7 aromatic rings. The van der Waals surface area contributed by atoms with E-state index in [1.165, 1.54) is 86.9 Å². The van der Waals surface area contributed by atoms with Crippen LogP contribution in [0.1, 0.15) is 49.9 Å². The number of hydrogen-bond donors (Lipinski definition) is 0. The van der Waals surface area contributed by atoms with Gasteiger partial charge in [0.05, 0.1) is 0 Å². The van der Waals surface area contributed by atoms with Crippen LogP contribution in [0.25, 0.3) is 64.7 Å². The fourth-order valence-corrected chi connectivity index (χ4v) is 9.19. The van der Waals surface area contributed by atoms with E-state index in [4.69, 9.17) is 0 Å². The monoisotopic (exact) mass is 568 g/mol. The molecule has 0 bridgehead atoms. The highest BCUT2D eigenvalue weighted by molar-refractivity contribution is 7.26. The first-order chi connectivity index (χ1) is 20.8. The second-order valence-electron chi connectivity index (χ2n) is 13.4. The van der Waals surface area contributed by atoms with Crippen molar-refractivity contribution in [3.8, 4) is 44.5 Å². The van der Waals surface area contributed by atoms with Crippen LogP contribution in [0.4, 0.5) is 0 Å². The maximum absolute atomic E-state index is 2.52. The van der Waals surface area contributed by atoms with Gasteiger partial charge in [-0.2, -0.15) is 0 Å². The zero-order valence-corrected chi connectivity index (χ0v) is 25.8. The van der Waals surface area contributed by atoms with Crippen molar-refractivity contribution in [1.29, 1.82) is 0 Å². The average molecular weight is 569 g/mol. The number of thiophene rings is 1.